The molecule has 0 aliphatic rings. The number of oxazole rings is 3. The molecule has 0 bridgehead atoms. The van der Waals surface area contributed by atoms with Crippen LogP contribution in [0.2, 0.25) is 0 Å². The van der Waals surface area contributed by atoms with Gasteiger partial charge in [0.1, 0.15) is 0 Å². The van der Waals surface area contributed by atoms with Gasteiger partial charge >= 0.3 is 0 Å². The highest BCUT2D eigenvalue weighted by Gasteiger charge is 2.26. The van der Waals surface area contributed by atoms with Crippen molar-refractivity contribution < 1.29 is 13.3 Å². The van der Waals surface area contributed by atoms with Crippen LogP contribution in [0.4, 0.5) is 0 Å². The minimum atomic E-state index is 0.611. The first-order valence-electron chi connectivity index (χ1n) is 37.2. The van der Waals surface area contributed by atoms with Crippen molar-refractivity contribution in [1.29, 1.82) is 0 Å². The van der Waals surface area contributed by atoms with Gasteiger partial charge in [-0.05, 0) is 133 Å². The van der Waals surface area contributed by atoms with Crippen LogP contribution in [0.5, 0.6) is 0 Å². The summed E-state index contributed by atoms with van der Waals surface area (Å²) >= 11 is 0. The van der Waals surface area contributed by atoms with E-state index in [1.807, 2.05) is 110 Å². The molecule has 9 aromatic heterocycles. The first-order valence-corrected chi connectivity index (χ1v) is 37.2. The van der Waals surface area contributed by atoms with Crippen molar-refractivity contribution in [2.45, 2.75) is 0 Å². The van der Waals surface area contributed by atoms with Crippen LogP contribution in [0.15, 0.2) is 396 Å². The Labute approximate surface area is 634 Å². The van der Waals surface area contributed by atoms with Crippen molar-refractivity contribution in [2.75, 3.05) is 0 Å². The summed E-state index contributed by atoms with van der Waals surface area (Å²) in [7, 11) is 0. The molecule has 0 N–H and O–H groups in total. The van der Waals surface area contributed by atoms with Gasteiger partial charge in [0.25, 0.3) is 0 Å². The first-order chi connectivity index (χ1) is 55.1. The summed E-state index contributed by atoms with van der Waals surface area (Å²) in [5, 5.41) is 14.4. The van der Waals surface area contributed by atoms with Crippen molar-refractivity contribution in [3.05, 3.63) is 383 Å². The van der Waals surface area contributed by atoms with Gasteiger partial charge in [0.2, 0.25) is 35.3 Å². The third-order valence-electron chi connectivity index (χ3n) is 21.7. The van der Waals surface area contributed by atoms with Crippen LogP contribution in [0.25, 0.3) is 200 Å². The lowest BCUT2D eigenvalue weighted by Gasteiger charge is -2.09. The lowest BCUT2D eigenvalue weighted by Crippen LogP contribution is -1.94. The molecule has 12 nitrogen and oxygen atoms in total. The van der Waals surface area contributed by atoms with Gasteiger partial charge in [0, 0.05) is 98.4 Å². The fraction of sp³-hybridized carbons (Fsp3) is 0. The van der Waals surface area contributed by atoms with Crippen molar-refractivity contribution in [3.63, 3.8) is 0 Å². The number of hydrogen-bond donors (Lipinski definition) is 0. The summed E-state index contributed by atoms with van der Waals surface area (Å²) in [4.78, 5) is 13.9. The molecule has 12 heteroatoms. The van der Waals surface area contributed by atoms with Crippen molar-refractivity contribution in [1.82, 2.24) is 42.4 Å². The molecule has 9 heterocycles. The zero-order valence-corrected chi connectivity index (χ0v) is 59.6. The summed E-state index contributed by atoms with van der Waals surface area (Å²) in [6, 6.07) is 127. The summed E-state index contributed by atoms with van der Waals surface area (Å²) in [5.74, 6) is 3.95. The molecule has 0 saturated heterocycles. The van der Waals surface area contributed by atoms with E-state index >= 15 is 0 Å². The predicted octanol–water partition coefficient (Wildman–Crippen LogP) is 25.6. The van der Waals surface area contributed by atoms with Gasteiger partial charge in [-0.1, -0.05) is 231 Å². The Hall–Kier alpha value is -15.3. The quantitative estimate of drug-likeness (QED) is 0.142. The van der Waals surface area contributed by atoms with Crippen LogP contribution in [0.1, 0.15) is 0 Å². The molecule has 24 rings (SSSR count). The molecule has 0 aliphatic carbocycles. The molecule has 0 atom stereocenters. The van der Waals surface area contributed by atoms with Gasteiger partial charge < -0.3 is 27.0 Å². The fourth-order valence-electron chi connectivity index (χ4n) is 17.0. The number of para-hydroxylation sites is 9. The zero-order valence-electron chi connectivity index (χ0n) is 59.6. The number of aromatic nitrogens is 9. The molecule has 0 spiro atoms. The monoisotopic (exact) mass is 1430 g/mol. The highest BCUT2D eigenvalue weighted by atomic mass is 16.4. The highest BCUT2D eigenvalue weighted by Crippen LogP contribution is 2.46. The predicted molar refractivity (Wildman–Crippen MR) is 452 cm³/mol. The molecular weight excluding hydrogens is 1360 g/mol. The average molecular weight is 1430 g/mol. The van der Waals surface area contributed by atoms with E-state index in [9.17, 15) is 0 Å². The van der Waals surface area contributed by atoms with Gasteiger partial charge in [-0.2, -0.15) is 0 Å². The third-order valence-corrected chi connectivity index (χ3v) is 21.7. The van der Waals surface area contributed by atoms with E-state index in [2.05, 4.69) is 315 Å². The Bertz CT molecular complexity index is 7690. The second kappa shape index (κ2) is 25.8. The zero-order chi connectivity index (χ0) is 73.0. The third kappa shape index (κ3) is 10.1. The van der Waals surface area contributed by atoms with Crippen LogP contribution in [-0.4, -0.2) is 42.4 Å². The summed E-state index contributed by atoms with van der Waals surface area (Å²) in [6.45, 7) is 0. The van der Waals surface area contributed by atoms with Crippen LogP contribution >= 0.6 is 0 Å². The van der Waals surface area contributed by atoms with Gasteiger partial charge in [0.05, 0.1) is 84.8 Å². The second-order valence-corrected chi connectivity index (χ2v) is 27.8. The lowest BCUT2D eigenvalue weighted by molar-refractivity contribution is 0.553. The molecule has 0 unspecified atom stereocenters. The van der Waals surface area contributed by atoms with Crippen LogP contribution < -0.4 is 0 Å². The molecule has 522 valence electrons. The summed E-state index contributed by atoms with van der Waals surface area (Å²) in [5.41, 5.74) is 20.0. The molecule has 15 aromatic carbocycles. The van der Waals surface area contributed by atoms with E-state index in [-0.39, 0.29) is 0 Å². The number of nitrogens with zero attached hydrogens (tertiary/aromatic N) is 9. The largest absolute Gasteiger partial charge is 0.420 e. The molecule has 0 radical (unpaired) electrons. The Morgan fingerprint density at radius 2 is 0.441 bits per heavy atom. The maximum atomic E-state index is 6.43. The molecule has 24 aromatic rings. The Morgan fingerprint density at radius 3 is 0.856 bits per heavy atom. The van der Waals surface area contributed by atoms with Crippen LogP contribution in [-0.2, 0) is 0 Å². The van der Waals surface area contributed by atoms with E-state index in [0.29, 0.717) is 35.3 Å². The number of benzene rings is 15. The van der Waals surface area contributed by atoms with Crippen molar-refractivity contribution in [2.24, 2.45) is 0 Å². The number of rotatable bonds is 9. The lowest BCUT2D eigenvalue weighted by atomic mass is 10.1. The first kappa shape index (κ1) is 63.0. The van der Waals surface area contributed by atoms with Gasteiger partial charge in [0.15, 0.2) is 0 Å². The SMILES string of the molecule is c1ccc(-c2ncc(-n3c4ccccc4c4c3ccc3c5ccccc5n(-c5ccccc5)c34)o2)cc1.c1ccc(-c2ncc(-n3c4ccccc4c4cc5c(cc43)c3ccccc3n5-c3ccccc3)o2)cc1.c1ccc(-c2ncc(-n3c4ccccc4c4ccc5c(c6ccccc6n5-c5ccccc5)c43)o2)cc1. The Balaban J connectivity index is 0.000000102. The number of hydrogen-bond acceptors (Lipinski definition) is 6. The topological polar surface area (TPSA) is 108 Å². The standard InChI is InChI=1S/3C33H21N3O/c1-3-11-22(12-4-1)33-34-21-32(37-33)36-29-18-10-8-16-25(29)27-19-30-26(20-31(27)36)24-15-7-9-17-28(24)35(30)23-13-5-2-6-14-23;1-3-11-22(12-4-1)33-34-21-30(37-33)36-27-17-9-7-15-24(27)25-19-20-29-31(32(25)36)26-16-8-10-18-28(26)35(29)23-13-5-2-6-14-23;1-3-11-22(12-4-1)33-34-21-30(37-33)36-28-18-10-8-16-26(28)31-29(36)20-19-25-24-15-7-9-17-27(24)35(32(25)31)23-13-5-2-6-14-23/h3*1-21H. The Kier molecular flexibility index (Phi) is 14.6. The minimum absolute atomic E-state index is 0.611. The average Bonchev–Trinajstić information content (AvgIpc) is 1.56. The van der Waals surface area contributed by atoms with Crippen molar-refractivity contribution in [3.8, 4) is 69.1 Å². The maximum Gasteiger partial charge on any atom is 0.228 e. The summed E-state index contributed by atoms with van der Waals surface area (Å²) < 4.78 is 32.9. The van der Waals surface area contributed by atoms with Crippen molar-refractivity contribution >= 4 is 131 Å². The van der Waals surface area contributed by atoms with E-state index in [0.717, 1.165) is 72.4 Å². The molecular formula is C99H63N9O3. The van der Waals surface area contributed by atoms with Crippen LogP contribution in [0.3, 0.4) is 0 Å². The van der Waals surface area contributed by atoms with E-state index in [1.54, 1.807) is 0 Å². The molecule has 111 heavy (non-hydrogen) atoms. The Morgan fingerprint density at radius 1 is 0.180 bits per heavy atom. The minimum Gasteiger partial charge on any atom is -0.420 e. The van der Waals surface area contributed by atoms with Gasteiger partial charge in [-0.3, -0.25) is 13.7 Å². The highest BCUT2D eigenvalue weighted by molar-refractivity contribution is 6.28. The second-order valence-electron chi connectivity index (χ2n) is 27.8. The molecule has 0 amide bonds. The van der Waals surface area contributed by atoms with E-state index < -0.39 is 0 Å². The van der Waals surface area contributed by atoms with Crippen LogP contribution in [0, 0.1) is 0 Å². The fourth-order valence-corrected chi connectivity index (χ4v) is 17.0. The summed E-state index contributed by atoms with van der Waals surface area (Å²) in [6.07, 6.45) is 5.49. The molecule has 0 fully saturated rings. The smallest absolute Gasteiger partial charge is 0.228 e. The molecule has 0 saturated carbocycles. The van der Waals surface area contributed by atoms with Gasteiger partial charge in [-0.25, -0.2) is 15.0 Å². The number of fused-ring (bicyclic) bond motifs is 20. The maximum absolute atomic E-state index is 6.43. The van der Waals surface area contributed by atoms with E-state index in [4.69, 9.17) is 13.3 Å². The van der Waals surface area contributed by atoms with E-state index in [1.165, 1.54) is 92.2 Å². The normalized spacial score (nSPS) is 11.8. The van der Waals surface area contributed by atoms with Gasteiger partial charge in [-0.15, -0.1) is 0 Å². The molecule has 0 aliphatic heterocycles.